The smallest absolute Gasteiger partial charge is 0.123 e. The van der Waals surface area contributed by atoms with Gasteiger partial charge in [0.25, 0.3) is 0 Å². The van der Waals surface area contributed by atoms with Gasteiger partial charge < -0.3 is 4.79 Å². The van der Waals surface area contributed by atoms with Gasteiger partial charge in [-0.1, -0.05) is 37.8 Å². The maximum absolute atomic E-state index is 13.0. The normalized spacial score (nSPS) is 26.3. The third-order valence-electron chi connectivity index (χ3n) is 6.98. The summed E-state index contributed by atoms with van der Waals surface area (Å²) < 4.78 is 13.0. The molecule has 0 unspecified atom stereocenters. The Morgan fingerprint density at radius 2 is 1.64 bits per heavy atom. The zero-order valence-electron chi connectivity index (χ0n) is 15.5. The largest absolute Gasteiger partial charge is 0.303 e. The number of aryl methyl sites for hydroxylation is 1. The van der Waals surface area contributed by atoms with Gasteiger partial charge in [0.2, 0.25) is 0 Å². The molecular weight excluding hydrogens is 311 g/mol. The van der Waals surface area contributed by atoms with Crippen LogP contribution in [0.2, 0.25) is 0 Å². The van der Waals surface area contributed by atoms with E-state index < -0.39 is 0 Å². The van der Waals surface area contributed by atoms with Crippen LogP contribution in [0, 0.1) is 23.1 Å². The zero-order valence-corrected chi connectivity index (χ0v) is 15.5. The third kappa shape index (κ3) is 4.92. The Morgan fingerprint density at radius 1 is 0.960 bits per heavy atom. The number of rotatable bonds is 7. The minimum absolute atomic E-state index is 0.143. The zero-order chi connectivity index (χ0) is 17.5. The van der Waals surface area contributed by atoms with Crippen molar-refractivity contribution >= 4 is 6.29 Å². The molecule has 0 aromatic heterocycles. The van der Waals surface area contributed by atoms with E-state index in [0.29, 0.717) is 11.3 Å². The lowest BCUT2D eigenvalue weighted by atomic mass is 9.59. The quantitative estimate of drug-likeness (QED) is 0.408. The Labute approximate surface area is 152 Å². The third-order valence-corrected chi connectivity index (χ3v) is 6.98. The summed E-state index contributed by atoms with van der Waals surface area (Å²) in [6, 6.07) is 6.99. The van der Waals surface area contributed by atoms with E-state index in [9.17, 15) is 9.18 Å². The van der Waals surface area contributed by atoms with E-state index in [2.05, 4.69) is 0 Å². The summed E-state index contributed by atoms with van der Waals surface area (Å²) in [5, 5.41) is 0. The molecule has 2 aliphatic carbocycles. The predicted molar refractivity (Wildman–Crippen MR) is 101 cm³/mol. The molecule has 2 fully saturated rings. The van der Waals surface area contributed by atoms with Crippen molar-refractivity contribution in [1.29, 1.82) is 0 Å². The SMILES string of the molecule is O=CC1CCC(C2(CCCCc3ccc(F)cc3)CCCCC2)CC1. The summed E-state index contributed by atoms with van der Waals surface area (Å²) in [5.41, 5.74) is 1.81. The molecule has 0 amide bonds. The molecule has 0 aliphatic heterocycles. The topological polar surface area (TPSA) is 17.1 Å². The fraction of sp³-hybridized carbons (Fsp3) is 0.696. The van der Waals surface area contributed by atoms with Gasteiger partial charge in [0, 0.05) is 5.92 Å². The fourth-order valence-corrected chi connectivity index (χ4v) is 5.44. The first-order valence-electron chi connectivity index (χ1n) is 10.4. The molecule has 0 atom stereocenters. The molecule has 3 rings (SSSR count). The van der Waals surface area contributed by atoms with Crippen LogP contribution in [0.5, 0.6) is 0 Å². The van der Waals surface area contributed by atoms with Gasteiger partial charge in [-0.3, -0.25) is 0 Å². The van der Waals surface area contributed by atoms with Gasteiger partial charge in [0.15, 0.2) is 0 Å². The highest BCUT2D eigenvalue weighted by molar-refractivity contribution is 5.53. The minimum Gasteiger partial charge on any atom is -0.303 e. The van der Waals surface area contributed by atoms with Crippen LogP contribution in [-0.2, 0) is 11.2 Å². The molecule has 1 nitrogen and oxygen atoms in total. The molecule has 2 aliphatic rings. The standard InChI is InChI=1S/C23H33FO/c24-22-13-9-19(10-14-22)6-2-5-17-23(15-3-1-4-16-23)21-11-7-20(18-25)8-12-21/h9-10,13-14,18,20-21H,1-8,11-12,15-17H2. The molecule has 25 heavy (non-hydrogen) atoms. The molecule has 0 bridgehead atoms. The molecule has 0 heterocycles. The van der Waals surface area contributed by atoms with Gasteiger partial charge in [-0.25, -0.2) is 4.39 Å². The second-order valence-corrected chi connectivity index (χ2v) is 8.50. The first kappa shape index (κ1) is 18.6. The van der Waals surface area contributed by atoms with E-state index in [1.807, 2.05) is 12.1 Å². The van der Waals surface area contributed by atoms with E-state index in [-0.39, 0.29) is 5.82 Å². The Balaban J connectivity index is 1.52. The van der Waals surface area contributed by atoms with Gasteiger partial charge in [0.1, 0.15) is 12.1 Å². The van der Waals surface area contributed by atoms with Gasteiger partial charge in [-0.2, -0.15) is 0 Å². The molecule has 1 aromatic carbocycles. The number of hydrogen-bond acceptors (Lipinski definition) is 1. The highest BCUT2D eigenvalue weighted by atomic mass is 19.1. The molecule has 138 valence electrons. The van der Waals surface area contributed by atoms with Crippen LogP contribution >= 0.6 is 0 Å². The van der Waals surface area contributed by atoms with Crippen molar-refractivity contribution in [2.75, 3.05) is 0 Å². The molecule has 0 spiro atoms. The van der Waals surface area contributed by atoms with Crippen LogP contribution < -0.4 is 0 Å². The van der Waals surface area contributed by atoms with E-state index >= 15 is 0 Å². The maximum Gasteiger partial charge on any atom is 0.123 e. The van der Waals surface area contributed by atoms with Crippen molar-refractivity contribution < 1.29 is 9.18 Å². The van der Waals surface area contributed by atoms with E-state index in [0.717, 1.165) is 25.2 Å². The van der Waals surface area contributed by atoms with Crippen LogP contribution in [0.15, 0.2) is 24.3 Å². The molecule has 2 saturated carbocycles. The number of carbonyl (C=O) groups excluding carboxylic acids is 1. The van der Waals surface area contributed by atoms with Gasteiger partial charge in [-0.05, 0) is 86.8 Å². The summed E-state index contributed by atoms with van der Waals surface area (Å²) >= 11 is 0. The number of hydrogen-bond donors (Lipinski definition) is 0. The van der Waals surface area contributed by atoms with Crippen LogP contribution in [-0.4, -0.2) is 6.29 Å². The highest BCUT2D eigenvalue weighted by Crippen LogP contribution is 2.51. The minimum atomic E-state index is -0.143. The maximum atomic E-state index is 13.0. The lowest BCUT2D eigenvalue weighted by Crippen LogP contribution is -2.35. The van der Waals surface area contributed by atoms with Crippen molar-refractivity contribution in [1.82, 2.24) is 0 Å². The molecule has 0 radical (unpaired) electrons. The van der Waals surface area contributed by atoms with Crippen LogP contribution in [0.25, 0.3) is 0 Å². The Morgan fingerprint density at radius 3 is 2.28 bits per heavy atom. The first-order chi connectivity index (χ1) is 12.2. The number of benzene rings is 1. The number of halogens is 1. The second-order valence-electron chi connectivity index (χ2n) is 8.50. The summed E-state index contributed by atoms with van der Waals surface area (Å²) in [4.78, 5) is 11.1. The first-order valence-corrected chi connectivity index (χ1v) is 10.4. The van der Waals surface area contributed by atoms with Crippen molar-refractivity contribution in [2.24, 2.45) is 17.3 Å². The van der Waals surface area contributed by atoms with E-state index in [4.69, 9.17) is 0 Å². The van der Waals surface area contributed by atoms with Gasteiger partial charge >= 0.3 is 0 Å². The van der Waals surface area contributed by atoms with Crippen molar-refractivity contribution in [2.45, 2.75) is 83.5 Å². The lowest BCUT2D eigenvalue weighted by Gasteiger charge is -2.46. The van der Waals surface area contributed by atoms with E-state index in [1.54, 1.807) is 12.1 Å². The molecule has 0 N–H and O–H groups in total. The fourth-order valence-electron chi connectivity index (χ4n) is 5.44. The van der Waals surface area contributed by atoms with Crippen LogP contribution in [0.1, 0.15) is 82.6 Å². The Kier molecular flexibility index (Phi) is 6.67. The molecular formula is C23H33FO. The average Bonchev–Trinajstić information content (AvgIpc) is 2.67. The summed E-state index contributed by atoms with van der Waals surface area (Å²) in [6.07, 6.45) is 17.9. The monoisotopic (exact) mass is 344 g/mol. The summed E-state index contributed by atoms with van der Waals surface area (Å²) in [6.45, 7) is 0. The molecule has 0 saturated heterocycles. The van der Waals surface area contributed by atoms with Crippen LogP contribution in [0.4, 0.5) is 4.39 Å². The van der Waals surface area contributed by atoms with Crippen LogP contribution in [0.3, 0.4) is 0 Å². The lowest BCUT2D eigenvalue weighted by molar-refractivity contribution is -0.112. The summed E-state index contributed by atoms with van der Waals surface area (Å²) in [7, 11) is 0. The van der Waals surface area contributed by atoms with Crippen molar-refractivity contribution in [3.05, 3.63) is 35.6 Å². The Hall–Kier alpha value is -1.18. The number of carbonyl (C=O) groups is 1. The predicted octanol–water partition coefficient (Wildman–Crippen LogP) is 6.49. The second kappa shape index (κ2) is 8.96. The summed E-state index contributed by atoms with van der Waals surface area (Å²) in [5.74, 6) is 1.03. The number of unbranched alkanes of at least 4 members (excludes halogenated alkanes) is 1. The Bertz CT molecular complexity index is 522. The van der Waals surface area contributed by atoms with Crippen molar-refractivity contribution in [3.8, 4) is 0 Å². The van der Waals surface area contributed by atoms with Crippen molar-refractivity contribution in [3.63, 3.8) is 0 Å². The average molecular weight is 345 g/mol. The van der Waals surface area contributed by atoms with Gasteiger partial charge in [0.05, 0.1) is 0 Å². The molecule has 1 aromatic rings. The number of aldehydes is 1. The highest BCUT2D eigenvalue weighted by Gasteiger charge is 2.40. The van der Waals surface area contributed by atoms with Gasteiger partial charge in [-0.15, -0.1) is 0 Å². The van der Waals surface area contributed by atoms with E-state index in [1.165, 1.54) is 76.1 Å². The molecule has 2 heteroatoms.